The minimum absolute atomic E-state index is 0.406. The molecule has 1 fully saturated rings. The average molecular weight is 284 g/mol. The lowest BCUT2D eigenvalue weighted by Crippen LogP contribution is -2.46. The molecule has 0 bridgehead atoms. The van der Waals surface area contributed by atoms with Crippen LogP contribution in [-0.4, -0.2) is 45.5 Å². The molecule has 0 amide bonds. The predicted octanol–water partition coefficient (Wildman–Crippen LogP) is 2.30. The van der Waals surface area contributed by atoms with Gasteiger partial charge in [0, 0.05) is 63.9 Å². The van der Waals surface area contributed by atoms with E-state index in [1.165, 1.54) is 11.4 Å². The van der Waals surface area contributed by atoms with Crippen molar-refractivity contribution in [3.8, 4) is 0 Å². The standard InChI is InChI=1S/C17H24N4/c1-15(17-7-3-4-8-18-17)21-12-10-20(11-13-21)14-16-6-5-9-19(16)2/h3-9,15H,10-14H2,1-2H3/t15-/m0/s1. The number of aryl methyl sites for hydroxylation is 1. The number of pyridine rings is 1. The van der Waals surface area contributed by atoms with E-state index in [1.807, 2.05) is 12.3 Å². The van der Waals surface area contributed by atoms with Crippen LogP contribution in [0.5, 0.6) is 0 Å². The molecule has 21 heavy (non-hydrogen) atoms. The highest BCUT2D eigenvalue weighted by Crippen LogP contribution is 2.20. The molecule has 0 aliphatic carbocycles. The van der Waals surface area contributed by atoms with Crippen LogP contribution in [0.3, 0.4) is 0 Å². The van der Waals surface area contributed by atoms with Gasteiger partial charge in [0.25, 0.3) is 0 Å². The first-order chi connectivity index (χ1) is 10.2. The van der Waals surface area contributed by atoms with Crippen LogP contribution in [0.1, 0.15) is 24.4 Å². The van der Waals surface area contributed by atoms with Crippen LogP contribution in [0, 0.1) is 0 Å². The van der Waals surface area contributed by atoms with Gasteiger partial charge in [-0.05, 0) is 31.2 Å². The van der Waals surface area contributed by atoms with Crippen molar-refractivity contribution in [2.24, 2.45) is 7.05 Å². The minimum atomic E-state index is 0.406. The molecule has 3 rings (SSSR count). The summed E-state index contributed by atoms with van der Waals surface area (Å²) in [6, 6.07) is 10.9. The topological polar surface area (TPSA) is 24.3 Å². The van der Waals surface area contributed by atoms with Gasteiger partial charge in [0.05, 0.1) is 5.69 Å². The van der Waals surface area contributed by atoms with E-state index in [0.717, 1.165) is 32.7 Å². The van der Waals surface area contributed by atoms with Crippen LogP contribution in [0.4, 0.5) is 0 Å². The SMILES string of the molecule is C[C@@H](c1ccccn1)N1CCN(Cc2cccn2C)CC1. The zero-order valence-corrected chi connectivity index (χ0v) is 12.9. The Hall–Kier alpha value is -1.65. The Morgan fingerprint density at radius 2 is 1.90 bits per heavy atom. The molecule has 0 aromatic carbocycles. The van der Waals surface area contributed by atoms with Crippen LogP contribution >= 0.6 is 0 Å². The van der Waals surface area contributed by atoms with E-state index in [9.17, 15) is 0 Å². The molecule has 0 spiro atoms. The molecule has 3 heterocycles. The Morgan fingerprint density at radius 1 is 1.10 bits per heavy atom. The third-order valence-electron chi connectivity index (χ3n) is 4.51. The molecule has 0 saturated carbocycles. The fourth-order valence-electron chi connectivity index (χ4n) is 3.01. The average Bonchev–Trinajstić information content (AvgIpc) is 2.93. The lowest BCUT2D eigenvalue weighted by Gasteiger charge is -2.37. The minimum Gasteiger partial charge on any atom is -0.353 e. The van der Waals surface area contributed by atoms with Crippen LogP contribution in [-0.2, 0) is 13.6 Å². The van der Waals surface area contributed by atoms with Crippen LogP contribution in [0.15, 0.2) is 42.7 Å². The van der Waals surface area contributed by atoms with Crippen molar-refractivity contribution in [1.29, 1.82) is 0 Å². The summed E-state index contributed by atoms with van der Waals surface area (Å²) in [6.45, 7) is 7.79. The molecule has 1 saturated heterocycles. The highest BCUT2D eigenvalue weighted by molar-refractivity contribution is 5.09. The Labute approximate surface area is 127 Å². The van der Waals surface area contributed by atoms with Gasteiger partial charge < -0.3 is 4.57 Å². The molecule has 4 nitrogen and oxygen atoms in total. The van der Waals surface area contributed by atoms with E-state index in [2.05, 4.69) is 63.8 Å². The number of rotatable bonds is 4. The molecule has 0 unspecified atom stereocenters. The Morgan fingerprint density at radius 3 is 2.52 bits per heavy atom. The lowest BCUT2D eigenvalue weighted by molar-refractivity contribution is 0.0951. The highest BCUT2D eigenvalue weighted by atomic mass is 15.3. The molecule has 0 radical (unpaired) electrons. The van der Waals surface area contributed by atoms with Crippen molar-refractivity contribution < 1.29 is 0 Å². The largest absolute Gasteiger partial charge is 0.353 e. The smallest absolute Gasteiger partial charge is 0.0572 e. The van der Waals surface area contributed by atoms with Crippen LogP contribution < -0.4 is 0 Å². The summed E-state index contributed by atoms with van der Waals surface area (Å²) < 4.78 is 2.21. The first-order valence-corrected chi connectivity index (χ1v) is 7.71. The number of nitrogens with zero attached hydrogens (tertiary/aromatic N) is 4. The summed E-state index contributed by atoms with van der Waals surface area (Å²) in [5, 5.41) is 0. The molecular formula is C17H24N4. The zero-order chi connectivity index (χ0) is 14.7. The Kier molecular flexibility index (Phi) is 4.36. The van der Waals surface area contributed by atoms with Crippen molar-refractivity contribution >= 4 is 0 Å². The Bertz CT molecular complexity index is 555. The van der Waals surface area contributed by atoms with Crippen molar-refractivity contribution in [1.82, 2.24) is 19.4 Å². The van der Waals surface area contributed by atoms with Gasteiger partial charge in [0.1, 0.15) is 0 Å². The number of hydrogen-bond acceptors (Lipinski definition) is 3. The van der Waals surface area contributed by atoms with Gasteiger partial charge in [-0.1, -0.05) is 6.07 Å². The number of hydrogen-bond donors (Lipinski definition) is 0. The summed E-state index contributed by atoms with van der Waals surface area (Å²) in [4.78, 5) is 9.56. The molecule has 2 aromatic rings. The summed E-state index contributed by atoms with van der Waals surface area (Å²) in [5.41, 5.74) is 2.56. The normalized spacial score (nSPS) is 18.8. The predicted molar refractivity (Wildman–Crippen MR) is 84.9 cm³/mol. The van der Waals surface area contributed by atoms with Crippen molar-refractivity contribution in [3.63, 3.8) is 0 Å². The van der Waals surface area contributed by atoms with E-state index < -0.39 is 0 Å². The van der Waals surface area contributed by atoms with Crippen LogP contribution in [0.25, 0.3) is 0 Å². The quantitative estimate of drug-likeness (QED) is 0.861. The van der Waals surface area contributed by atoms with E-state index in [4.69, 9.17) is 0 Å². The van der Waals surface area contributed by atoms with Crippen molar-refractivity contribution in [2.75, 3.05) is 26.2 Å². The van der Waals surface area contributed by atoms with Crippen molar-refractivity contribution in [2.45, 2.75) is 19.5 Å². The zero-order valence-electron chi connectivity index (χ0n) is 12.9. The maximum absolute atomic E-state index is 4.49. The third kappa shape index (κ3) is 3.34. The lowest BCUT2D eigenvalue weighted by atomic mass is 10.1. The molecule has 0 N–H and O–H groups in total. The fraction of sp³-hybridized carbons (Fsp3) is 0.471. The van der Waals surface area contributed by atoms with E-state index in [-0.39, 0.29) is 0 Å². The molecule has 112 valence electrons. The van der Waals surface area contributed by atoms with E-state index in [1.54, 1.807) is 0 Å². The number of aromatic nitrogens is 2. The fourth-order valence-corrected chi connectivity index (χ4v) is 3.01. The second-order valence-corrected chi connectivity index (χ2v) is 5.85. The van der Waals surface area contributed by atoms with Crippen LogP contribution in [0.2, 0.25) is 0 Å². The molecule has 1 aliphatic heterocycles. The van der Waals surface area contributed by atoms with Gasteiger partial charge in [-0.3, -0.25) is 14.8 Å². The van der Waals surface area contributed by atoms with E-state index in [0.29, 0.717) is 6.04 Å². The number of piperazine rings is 1. The van der Waals surface area contributed by atoms with Crippen molar-refractivity contribution in [3.05, 3.63) is 54.1 Å². The molecule has 2 aromatic heterocycles. The van der Waals surface area contributed by atoms with E-state index >= 15 is 0 Å². The Balaban J connectivity index is 1.54. The maximum Gasteiger partial charge on any atom is 0.0572 e. The van der Waals surface area contributed by atoms with Gasteiger partial charge in [-0.25, -0.2) is 0 Å². The van der Waals surface area contributed by atoms with Gasteiger partial charge in [-0.15, -0.1) is 0 Å². The molecule has 4 heteroatoms. The van der Waals surface area contributed by atoms with Gasteiger partial charge in [-0.2, -0.15) is 0 Å². The summed E-state index contributed by atoms with van der Waals surface area (Å²) in [6.07, 6.45) is 4.01. The second-order valence-electron chi connectivity index (χ2n) is 5.85. The van der Waals surface area contributed by atoms with Gasteiger partial charge >= 0.3 is 0 Å². The second kappa shape index (κ2) is 6.41. The first kappa shape index (κ1) is 14.3. The summed E-state index contributed by atoms with van der Waals surface area (Å²) >= 11 is 0. The maximum atomic E-state index is 4.49. The summed E-state index contributed by atoms with van der Waals surface area (Å²) in [5.74, 6) is 0. The van der Waals surface area contributed by atoms with Gasteiger partial charge in [0.15, 0.2) is 0 Å². The third-order valence-corrected chi connectivity index (χ3v) is 4.51. The molecular weight excluding hydrogens is 260 g/mol. The monoisotopic (exact) mass is 284 g/mol. The highest BCUT2D eigenvalue weighted by Gasteiger charge is 2.22. The summed E-state index contributed by atoms with van der Waals surface area (Å²) in [7, 11) is 2.12. The molecule has 1 aliphatic rings. The first-order valence-electron chi connectivity index (χ1n) is 7.71. The molecule has 1 atom stereocenters. The van der Waals surface area contributed by atoms with Gasteiger partial charge in [0.2, 0.25) is 0 Å².